The highest BCUT2D eigenvalue weighted by atomic mass is 32.2. The lowest BCUT2D eigenvalue weighted by Gasteiger charge is -2.16. The molecule has 31 heavy (non-hydrogen) atoms. The van der Waals surface area contributed by atoms with Crippen LogP contribution in [-0.4, -0.2) is 31.1 Å². The predicted molar refractivity (Wildman–Crippen MR) is 94.4 cm³/mol. The van der Waals surface area contributed by atoms with Gasteiger partial charge in [0.1, 0.15) is 4.90 Å². The number of amides is 2. The van der Waals surface area contributed by atoms with Crippen molar-refractivity contribution >= 4 is 27.5 Å². The number of alkyl halides is 6. The highest BCUT2D eigenvalue weighted by molar-refractivity contribution is 7.90. The normalized spacial score (nSPS) is 15.7. The summed E-state index contributed by atoms with van der Waals surface area (Å²) >= 11 is 0. The maximum Gasteiger partial charge on any atom is 0.416 e. The molecule has 0 saturated heterocycles. The molecule has 1 N–H and O–H groups in total. The van der Waals surface area contributed by atoms with E-state index in [0.717, 1.165) is 0 Å². The zero-order chi connectivity index (χ0) is 23.2. The van der Waals surface area contributed by atoms with E-state index in [1.807, 2.05) is 5.32 Å². The van der Waals surface area contributed by atoms with Crippen LogP contribution in [0.2, 0.25) is 0 Å². The van der Waals surface area contributed by atoms with Crippen LogP contribution >= 0.6 is 0 Å². The molecule has 0 aromatic heterocycles. The highest BCUT2D eigenvalue weighted by Gasteiger charge is 2.41. The minimum atomic E-state index is -5.09. The van der Waals surface area contributed by atoms with Gasteiger partial charge in [0.15, 0.2) is 0 Å². The van der Waals surface area contributed by atoms with Gasteiger partial charge in [-0.1, -0.05) is 12.1 Å². The Balaban J connectivity index is 1.77. The average molecular weight is 466 g/mol. The number of anilines is 1. The Morgan fingerprint density at radius 3 is 2.00 bits per heavy atom. The van der Waals surface area contributed by atoms with E-state index in [1.54, 1.807) is 0 Å². The molecule has 0 atom stereocenters. The van der Waals surface area contributed by atoms with Crippen molar-refractivity contribution in [2.24, 2.45) is 0 Å². The number of halogens is 6. The molecule has 2 amide bonds. The van der Waals surface area contributed by atoms with E-state index in [1.165, 1.54) is 24.3 Å². The number of nitrogens with zero attached hydrogens (tertiary/aromatic N) is 1. The molecule has 1 heterocycles. The van der Waals surface area contributed by atoms with Gasteiger partial charge in [0.2, 0.25) is 5.91 Å². The fourth-order valence-corrected chi connectivity index (χ4v) is 4.48. The predicted octanol–water partition coefficient (Wildman–Crippen LogP) is 3.90. The van der Waals surface area contributed by atoms with Crippen molar-refractivity contribution in [2.75, 3.05) is 11.9 Å². The fraction of sp³-hybridized carbons (Fsp3) is 0.222. The molecule has 0 saturated carbocycles. The van der Waals surface area contributed by atoms with Gasteiger partial charge in [-0.2, -0.15) is 26.3 Å². The summed E-state index contributed by atoms with van der Waals surface area (Å²) < 4.78 is 103. The number of rotatable bonds is 4. The Hall–Kier alpha value is -3.09. The number of hydrogen-bond donors (Lipinski definition) is 1. The van der Waals surface area contributed by atoms with E-state index in [9.17, 15) is 44.3 Å². The summed E-state index contributed by atoms with van der Waals surface area (Å²) in [5.74, 6) is -1.96. The van der Waals surface area contributed by atoms with Gasteiger partial charge in [-0.3, -0.25) is 9.59 Å². The van der Waals surface area contributed by atoms with E-state index >= 15 is 0 Å². The first-order chi connectivity index (χ1) is 14.2. The van der Waals surface area contributed by atoms with Crippen molar-refractivity contribution in [3.05, 3.63) is 59.2 Å². The fourth-order valence-electron chi connectivity index (χ4n) is 2.91. The van der Waals surface area contributed by atoms with Crippen molar-refractivity contribution in [2.45, 2.75) is 23.7 Å². The quantitative estimate of drug-likeness (QED) is 0.693. The van der Waals surface area contributed by atoms with Crippen LogP contribution in [0.15, 0.2) is 47.4 Å². The van der Waals surface area contributed by atoms with Gasteiger partial charge in [-0.25, -0.2) is 12.7 Å². The van der Waals surface area contributed by atoms with Crippen molar-refractivity contribution in [1.29, 1.82) is 0 Å². The maximum absolute atomic E-state index is 12.9. The highest BCUT2D eigenvalue weighted by Crippen LogP contribution is 2.37. The molecule has 0 unspecified atom stereocenters. The van der Waals surface area contributed by atoms with Crippen LogP contribution in [0.5, 0.6) is 0 Å². The maximum atomic E-state index is 12.9. The molecule has 166 valence electrons. The molecule has 2 aromatic rings. The summed E-state index contributed by atoms with van der Waals surface area (Å²) in [5.41, 5.74) is -4.11. The first-order valence-electron chi connectivity index (χ1n) is 8.46. The second-order valence-electron chi connectivity index (χ2n) is 6.47. The Labute approximate surface area is 171 Å². The molecule has 6 nitrogen and oxygen atoms in total. The topological polar surface area (TPSA) is 83.6 Å². The van der Waals surface area contributed by atoms with E-state index < -0.39 is 64.0 Å². The Kier molecular flexibility index (Phi) is 5.50. The van der Waals surface area contributed by atoms with Crippen molar-refractivity contribution < 1.29 is 44.3 Å². The first kappa shape index (κ1) is 22.6. The van der Waals surface area contributed by atoms with Gasteiger partial charge in [-0.05, 0) is 30.3 Å². The molecule has 1 aliphatic heterocycles. The van der Waals surface area contributed by atoms with E-state index in [-0.39, 0.29) is 16.5 Å². The monoisotopic (exact) mass is 466 g/mol. The number of sulfonamides is 1. The molecular weight excluding hydrogens is 454 g/mol. The third-order valence-electron chi connectivity index (χ3n) is 4.33. The van der Waals surface area contributed by atoms with E-state index in [4.69, 9.17) is 0 Å². The number of nitrogens with one attached hydrogen (secondary N) is 1. The number of fused-ring (bicyclic) bond motifs is 1. The van der Waals surface area contributed by atoms with Crippen molar-refractivity contribution in [1.82, 2.24) is 4.31 Å². The van der Waals surface area contributed by atoms with Crippen LogP contribution in [0.3, 0.4) is 0 Å². The minimum absolute atomic E-state index is 0.0949. The molecule has 13 heteroatoms. The summed E-state index contributed by atoms with van der Waals surface area (Å²) in [6.07, 6.45) is -10.9. The Morgan fingerprint density at radius 2 is 1.48 bits per heavy atom. The van der Waals surface area contributed by atoms with E-state index in [2.05, 4.69) is 0 Å². The Bertz CT molecular complexity index is 1130. The number of hydrogen-bond acceptors (Lipinski definition) is 4. The molecule has 1 aliphatic rings. The molecule has 0 aliphatic carbocycles. The summed E-state index contributed by atoms with van der Waals surface area (Å²) in [7, 11) is -4.21. The third kappa shape index (κ3) is 4.50. The molecule has 0 bridgehead atoms. The zero-order valence-corrected chi connectivity index (χ0v) is 16.0. The number of carbonyl (C=O) groups is 2. The van der Waals surface area contributed by atoms with Crippen LogP contribution in [-0.2, 0) is 27.2 Å². The van der Waals surface area contributed by atoms with E-state index in [0.29, 0.717) is 16.4 Å². The van der Waals surface area contributed by atoms with Crippen LogP contribution in [0.4, 0.5) is 32.0 Å². The van der Waals surface area contributed by atoms with Crippen LogP contribution < -0.4 is 5.32 Å². The van der Waals surface area contributed by atoms with Gasteiger partial charge >= 0.3 is 12.4 Å². The molecular formula is C18H12F6N2O4S. The van der Waals surface area contributed by atoms with Crippen LogP contribution in [0, 0.1) is 0 Å². The summed E-state index contributed by atoms with van der Waals surface area (Å²) in [4.78, 5) is 24.1. The lowest BCUT2D eigenvalue weighted by atomic mass is 10.1. The van der Waals surface area contributed by atoms with Gasteiger partial charge in [-0.15, -0.1) is 0 Å². The Morgan fingerprint density at radius 1 is 0.935 bits per heavy atom. The van der Waals surface area contributed by atoms with Gasteiger partial charge in [0, 0.05) is 18.7 Å². The summed E-state index contributed by atoms with van der Waals surface area (Å²) in [6.45, 7) is -0.646. The largest absolute Gasteiger partial charge is 0.416 e. The molecule has 0 spiro atoms. The van der Waals surface area contributed by atoms with Crippen molar-refractivity contribution in [3.63, 3.8) is 0 Å². The molecule has 0 radical (unpaired) electrons. The van der Waals surface area contributed by atoms with Gasteiger partial charge in [0.25, 0.3) is 15.9 Å². The molecule has 3 rings (SSSR count). The molecule has 2 aromatic carbocycles. The number of carbonyl (C=O) groups excluding carboxylic acids is 2. The molecule has 0 fully saturated rings. The lowest BCUT2D eigenvalue weighted by molar-refractivity contribution is -0.143. The zero-order valence-electron chi connectivity index (χ0n) is 15.2. The van der Waals surface area contributed by atoms with Crippen molar-refractivity contribution in [3.8, 4) is 0 Å². The second kappa shape index (κ2) is 7.55. The first-order valence-corrected chi connectivity index (χ1v) is 9.91. The SMILES string of the molecule is O=C(CCN1C(=O)c2ccccc2S1(=O)=O)Nc1cc(C(F)(F)F)cc(C(F)(F)F)c1. The van der Waals surface area contributed by atoms with Crippen LogP contribution in [0.1, 0.15) is 27.9 Å². The minimum Gasteiger partial charge on any atom is -0.326 e. The standard InChI is InChI=1S/C18H12F6N2O4S/c19-17(20,21)10-7-11(18(22,23)24)9-12(8-10)25-15(27)5-6-26-16(28)13-3-1-2-4-14(13)31(26,29)30/h1-4,7-9H,5-6H2,(H,25,27). The smallest absolute Gasteiger partial charge is 0.326 e. The summed E-state index contributed by atoms with van der Waals surface area (Å²) in [5, 5.41) is 1.88. The third-order valence-corrected chi connectivity index (χ3v) is 6.17. The van der Waals surface area contributed by atoms with Gasteiger partial charge < -0.3 is 5.32 Å². The summed E-state index contributed by atoms with van der Waals surface area (Å²) in [6, 6.07) is 5.85. The van der Waals surface area contributed by atoms with Crippen LogP contribution in [0.25, 0.3) is 0 Å². The second-order valence-corrected chi connectivity index (χ2v) is 8.30. The number of benzene rings is 2. The average Bonchev–Trinajstić information content (AvgIpc) is 2.85. The van der Waals surface area contributed by atoms with Gasteiger partial charge in [0.05, 0.1) is 16.7 Å². The lowest BCUT2D eigenvalue weighted by Crippen LogP contribution is -2.33.